The molecule has 0 radical (unpaired) electrons. The van der Waals surface area contributed by atoms with Gasteiger partial charge in [-0.1, -0.05) is 66.7 Å². The van der Waals surface area contributed by atoms with Crippen LogP contribution in [0.15, 0.2) is 91.0 Å². The SMILES string of the molecule is O=C1C=c2cc3ccccc3cc2=C(c2cccc3cc4ccccc4cc23)C1=O. The minimum absolute atomic E-state index is 0.446. The Morgan fingerprint density at radius 1 is 0.533 bits per heavy atom. The van der Waals surface area contributed by atoms with Gasteiger partial charge in [-0.15, -0.1) is 0 Å². The second kappa shape index (κ2) is 6.23. The summed E-state index contributed by atoms with van der Waals surface area (Å²) in [6.45, 7) is 0. The zero-order chi connectivity index (χ0) is 20.2. The van der Waals surface area contributed by atoms with Crippen LogP contribution in [-0.2, 0) is 9.59 Å². The van der Waals surface area contributed by atoms with E-state index >= 15 is 0 Å². The first-order valence-corrected chi connectivity index (χ1v) is 9.94. The smallest absolute Gasteiger partial charge is 0.234 e. The van der Waals surface area contributed by atoms with Crippen LogP contribution in [0.3, 0.4) is 0 Å². The summed E-state index contributed by atoms with van der Waals surface area (Å²) in [6, 6.07) is 30.4. The first kappa shape index (κ1) is 16.9. The molecule has 0 fully saturated rings. The topological polar surface area (TPSA) is 34.1 Å². The number of carbonyl (C=O) groups is 2. The van der Waals surface area contributed by atoms with Crippen LogP contribution in [-0.4, -0.2) is 11.6 Å². The molecule has 0 spiro atoms. The summed E-state index contributed by atoms with van der Waals surface area (Å²) < 4.78 is 0. The summed E-state index contributed by atoms with van der Waals surface area (Å²) in [6.07, 6.45) is 1.47. The monoisotopic (exact) mass is 384 g/mol. The Balaban J connectivity index is 1.79. The van der Waals surface area contributed by atoms with E-state index in [2.05, 4.69) is 24.3 Å². The Morgan fingerprint density at radius 3 is 1.87 bits per heavy atom. The molecule has 0 aliphatic heterocycles. The van der Waals surface area contributed by atoms with Crippen molar-refractivity contribution in [3.63, 3.8) is 0 Å². The number of hydrogen-bond acceptors (Lipinski definition) is 2. The molecule has 0 aromatic heterocycles. The Morgan fingerprint density at radius 2 is 1.13 bits per heavy atom. The van der Waals surface area contributed by atoms with Gasteiger partial charge in [0.1, 0.15) is 0 Å². The van der Waals surface area contributed by atoms with E-state index < -0.39 is 11.6 Å². The van der Waals surface area contributed by atoms with Gasteiger partial charge in [-0.2, -0.15) is 0 Å². The van der Waals surface area contributed by atoms with Crippen LogP contribution < -0.4 is 10.4 Å². The van der Waals surface area contributed by atoms with E-state index in [4.69, 9.17) is 0 Å². The number of ketones is 2. The summed E-state index contributed by atoms with van der Waals surface area (Å²) in [7, 11) is 0. The molecule has 0 saturated heterocycles. The molecular formula is C28H16O2. The summed E-state index contributed by atoms with van der Waals surface area (Å²) >= 11 is 0. The average molecular weight is 384 g/mol. The number of fused-ring (bicyclic) bond motifs is 4. The van der Waals surface area contributed by atoms with Crippen LogP contribution in [0.1, 0.15) is 5.56 Å². The highest BCUT2D eigenvalue weighted by atomic mass is 16.2. The lowest BCUT2D eigenvalue weighted by atomic mass is 9.87. The molecule has 0 unspecified atom stereocenters. The summed E-state index contributed by atoms with van der Waals surface area (Å²) in [5, 5.41) is 8.01. The number of benzene rings is 5. The molecule has 140 valence electrons. The van der Waals surface area contributed by atoms with E-state index in [1.807, 2.05) is 66.7 Å². The fraction of sp³-hybridized carbons (Fsp3) is 0. The second-order valence-electron chi connectivity index (χ2n) is 7.73. The second-order valence-corrected chi connectivity index (χ2v) is 7.73. The maximum atomic E-state index is 13.1. The Kier molecular flexibility index (Phi) is 3.50. The molecule has 5 aromatic rings. The highest BCUT2D eigenvalue weighted by Gasteiger charge is 2.24. The predicted octanol–water partition coefficient (Wildman–Crippen LogP) is 4.28. The number of carbonyl (C=O) groups excluding carboxylic acids is 2. The zero-order valence-electron chi connectivity index (χ0n) is 16.1. The van der Waals surface area contributed by atoms with E-state index in [1.54, 1.807) is 0 Å². The first-order valence-electron chi connectivity index (χ1n) is 9.94. The van der Waals surface area contributed by atoms with E-state index in [9.17, 15) is 9.59 Å². The largest absolute Gasteiger partial charge is 0.286 e. The maximum absolute atomic E-state index is 13.1. The van der Waals surface area contributed by atoms with Gasteiger partial charge >= 0.3 is 0 Å². The molecule has 0 atom stereocenters. The van der Waals surface area contributed by atoms with Crippen molar-refractivity contribution in [2.75, 3.05) is 0 Å². The molecular weight excluding hydrogens is 368 g/mol. The lowest BCUT2D eigenvalue weighted by Crippen LogP contribution is -2.37. The van der Waals surface area contributed by atoms with Gasteiger partial charge in [-0.05, 0) is 78.7 Å². The number of hydrogen-bond donors (Lipinski definition) is 0. The Labute approximate surface area is 172 Å². The third-order valence-corrected chi connectivity index (χ3v) is 5.94. The van der Waals surface area contributed by atoms with Crippen molar-refractivity contribution >= 4 is 55.5 Å². The van der Waals surface area contributed by atoms with E-state index in [0.717, 1.165) is 48.3 Å². The molecule has 0 amide bonds. The molecule has 2 nitrogen and oxygen atoms in total. The van der Waals surface area contributed by atoms with Gasteiger partial charge in [-0.25, -0.2) is 0 Å². The molecule has 1 aliphatic carbocycles. The minimum Gasteiger partial charge on any atom is -0.286 e. The van der Waals surface area contributed by atoms with E-state index in [1.165, 1.54) is 6.08 Å². The highest BCUT2D eigenvalue weighted by molar-refractivity contribution is 6.62. The zero-order valence-corrected chi connectivity index (χ0v) is 16.1. The summed E-state index contributed by atoms with van der Waals surface area (Å²) in [5.41, 5.74) is 1.30. The fourth-order valence-corrected chi connectivity index (χ4v) is 4.50. The van der Waals surface area contributed by atoms with Gasteiger partial charge in [0.05, 0.1) is 0 Å². The molecule has 1 aliphatic rings. The van der Waals surface area contributed by atoms with Crippen molar-refractivity contribution in [3.05, 3.63) is 107 Å². The molecule has 2 heteroatoms. The molecule has 0 saturated carbocycles. The molecule has 5 aromatic carbocycles. The lowest BCUT2D eigenvalue weighted by Gasteiger charge is -2.14. The maximum Gasteiger partial charge on any atom is 0.234 e. The van der Waals surface area contributed by atoms with Gasteiger partial charge in [0.15, 0.2) is 0 Å². The number of Topliss-reactive ketones (excluding diaryl/α,β-unsaturated/α-hetero) is 2. The van der Waals surface area contributed by atoms with E-state index in [-0.39, 0.29) is 0 Å². The normalized spacial score (nSPS) is 13.7. The molecule has 6 rings (SSSR count). The quantitative estimate of drug-likeness (QED) is 0.319. The van der Waals surface area contributed by atoms with Crippen molar-refractivity contribution in [1.29, 1.82) is 0 Å². The van der Waals surface area contributed by atoms with Crippen molar-refractivity contribution in [2.24, 2.45) is 0 Å². The molecule has 0 heterocycles. The van der Waals surface area contributed by atoms with Crippen molar-refractivity contribution in [2.45, 2.75) is 0 Å². The summed E-state index contributed by atoms with van der Waals surface area (Å²) in [4.78, 5) is 25.7. The molecule has 0 bridgehead atoms. The third kappa shape index (κ3) is 2.44. The number of rotatable bonds is 1. The van der Waals surface area contributed by atoms with Gasteiger partial charge in [0.2, 0.25) is 11.6 Å². The van der Waals surface area contributed by atoms with Crippen LogP contribution in [0.5, 0.6) is 0 Å². The van der Waals surface area contributed by atoms with E-state index in [0.29, 0.717) is 5.57 Å². The fourth-order valence-electron chi connectivity index (χ4n) is 4.50. The average Bonchev–Trinajstić information content (AvgIpc) is 2.77. The van der Waals surface area contributed by atoms with Crippen LogP contribution in [0.2, 0.25) is 0 Å². The third-order valence-electron chi connectivity index (χ3n) is 5.94. The molecule has 30 heavy (non-hydrogen) atoms. The van der Waals surface area contributed by atoms with Crippen LogP contribution >= 0.6 is 0 Å². The van der Waals surface area contributed by atoms with Crippen LogP contribution in [0.4, 0.5) is 0 Å². The van der Waals surface area contributed by atoms with Crippen molar-refractivity contribution < 1.29 is 9.59 Å². The van der Waals surface area contributed by atoms with Gasteiger partial charge < -0.3 is 0 Å². The first-order chi connectivity index (χ1) is 14.7. The Bertz CT molecular complexity index is 1670. The van der Waals surface area contributed by atoms with Gasteiger partial charge in [0, 0.05) is 5.57 Å². The van der Waals surface area contributed by atoms with Crippen LogP contribution in [0.25, 0.3) is 44.0 Å². The molecule has 0 N–H and O–H groups in total. The minimum atomic E-state index is -0.467. The van der Waals surface area contributed by atoms with Gasteiger partial charge in [0.25, 0.3) is 0 Å². The predicted molar refractivity (Wildman–Crippen MR) is 122 cm³/mol. The standard InChI is InChI=1S/C28H16O2/c29-26-16-22-13-18-7-2-4-9-20(18)15-25(22)27(28(26)30)23-11-5-10-21-12-17-6-1-3-8-19(17)14-24(21)23/h1-16H. The Hall–Kier alpha value is -4.04. The highest BCUT2D eigenvalue weighted by Crippen LogP contribution is 2.29. The van der Waals surface area contributed by atoms with Crippen LogP contribution in [0, 0.1) is 0 Å². The lowest BCUT2D eigenvalue weighted by molar-refractivity contribution is -0.129. The van der Waals surface area contributed by atoms with Gasteiger partial charge in [-0.3, -0.25) is 9.59 Å². The summed E-state index contributed by atoms with van der Waals surface area (Å²) in [5.74, 6) is -0.913. The van der Waals surface area contributed by atoms with Crippen molar-refractivity contribution in [3.8, 4) is 0 Å². The van der Waals surface area contributed by atoms with Crippen molar-refractivity contribution in [1.82, 2.24) is 0 Å².